The third-order valence-electron chi connectivity index (χ3n) is 2.24. The standard InChI is InChI=1S/2C6H5NO2.C3H6O4.Cr/c2*8-6(9)5-2-1-3-7-4-5;4-1-2(5)3(6)7;/h2*1-4H,(H,8,9);2,4-5H,1H2,(H,6,7);/q;;;+3/p-3. The molecule has 1 unspecified atom stereocenters. The van der Waals surface area contributed by atoms with Crippen LogP contribution in [-0.2, 0) is 22.2 Å². The number of aliphatic carboxylic acids is 1. The first-order valence-corrected chi connectivity index (χ1v) is 6.52. The predicted molar refractivity (Wildman–Crippen MR) is 75.2 cm³/mol. The number of carbonyl (C=O) groups is 3. The molecule has 0 bridgehead atoms. The summed E-state index contributed by atoms with van der Waals surface area (Å²) in [6.07, 6.45) is 3.77. The molecule has 2 heterocycles. The third-order valence-corrected chi connectivity index (χ3v) is 2.24. The van der Waals surface area contributed by atoms with E-state index in [-0.39, 0.29) is 28.5 Å². The summed E-state index contributed by atoms with van der Waals surface area (Å²) in [5.41, 5.74) is 0.218. The molecule has 0 aliphatic heterocycles. The van der Waals surface area contributed by atoms with Gasteiger partial charge in [-0.2, -0.15) is 0 Å². The number of carboxylic acid groups (broad SMARTS) is 3. The zero-order chi connectivity index (χ0) is 19.2. The van der Waals surface area contributed by atoms with E-state index in [2.05, 4.69) is 9.97 Å². The van der Waals surface area contributed by atoms with E-state index >= 15 is 0 Å². The van der Waals surface area contributed by atoms with Gasteiger partial charge in [-0.15, -0.1) is 0 Å². The van der Waals surface area contributed by atoms with Gasteiger partial charge in [0.2, 0.25) is 0 Å². The summed E-state index contributed by atoms with van der Waals surface area (Å²) in [4.78, 5) is 36.7. The fourth-order valence-corrected chi connectivity index (χ4v) is 1.04. The number of nitrogens with zero attached hydrogens (tertiary/aromatic N) is 2. The molecule has 2 rings (SSSR count). The normalized spacial score (nSPS) is 9.77. The molecule has 2 aromatic heterocycles. The molecular formula is C15H13CrN2O8. The first kappa shape index (κ1) is 25.4. The van der Waals surface area contributed by atoms with Crippen LogP contribution in [0.15, 0.2) is 49.1 Å². The minimum atomic E-state index is -1.74. The fourth-order valence-electron chi connectivity index (χ4n) is 1.04. The Balaban J connectivity index is 0. The van der Waals surface area contributed by atoms with Crippen LogP contribution < -0.4 is 15.3 Å². The number of hydrogen-bond donors (Lipinski definition) is 2. The molecule has 1 atom stereocenters. The molecule has 0 aliphatic rings. The molecule has 26 heavy (non-hydrogen) atoms. The van der Waals surface area contributed by atoms with E-state index < -0.39 is 30.6 Å². The van der Waals surface area contributed by atoms with Crippen LogP contribution in [0, 0.1) is 0 Å². The number of carboxylic acids is 3. The summed E-state index contributed by atoms with van der Waals surface area (Å²) in [7, 11) is 0. The number of aromatic nitrogens is 2. The monoisotopic (exact) mass is 401 g/mol. The second-order valence-electron chi connectivity index (χ2n) is 4.08. The van der Waals surface area contributed by atoms with Crippen LogP contribution in [-0.4, -0.2) is 50.8 Å². The second-order valence-corrected chi connectivity index (χ2v) is 4.08. The van der Waals surface area contributed by atoms with Crippen molar-refractivity contribution in [1.29, 1.82) is 0 Å². The molecule has 1 radical (unpaired) electrons. The Bertz CT molecular complexity index is 620. The summed E-state index contributed by atoms with van der Waals surface area (Å²) in [5.74, 6) is -4.03. The Kier molecular flexibility index (Phi) is 14.2. The molecule has 0 aliphatic carbocycles. The maximum absolute atomic E-state index is 10.0. The van der Waals surface area contributed by atoms with Gasteiger partial charge in [0.05, 0.1) is 24.5 Å². The number of hydrogen-bond acceptors (Lipinski definition) is 10. The minimum Gasteiger partial charge on any atom is -0.547 e. The van der Waals surface area contributed by atoms with Gasteiger partial charge >= 0.3 is 17.4 Å². The maximum Gasteiger partial charge on any atom is 3.00 e. The van der Waals surface area contributed by atoms with Crippen molar-refractivity contribution in [2.45, 2.75) is 6.10 Å². The second kappa shape index (κ2) is 14.5. The molecule has 2 N–H and O–H groups in total. The quantitative estimate of drug-likeness (QED) is 0.511. The van der Waals surface area contributed by atoms with E-state index in [4.69, 9.17) is 10.2 Å². The van der Waals surface area contributed by atoms with Gasteiger partial charge in [0.1, 0.15) is 6.10 Å². The zero-order valence-corrected chi connectivity index (χ0v) is 14.3. The van der Waals surface area contributed by atoms with Crippen LogP contribution in [0.25, 0.3) is 0 Å². The predicted octanol–water partition coefficient (Wildman–Crippen LogP) is -4.02. The van der Waals surface area contributed by atoms with Crippen LogP contribution in [0.1, 0.15) is 20.7 Å². The Morgan fingerprint density at radius 1 is 0.923 bits per heavy atom. The number of rotatable bonds is 4. The fraction of sp³-hybridized carbons (Fsp3) is 0.133. The molecule has 2 aromatic rings. The number of pyridine rings is 2. The average Bonchev–Trinajstić information content (AvgIpc) is 2.63. The Hall–Kier alpha value is -2.84. The summed E-state index contributed by atoms with van der Waals surface area (Å²) < 4.78 is 0. The zero-order valence-electron chi connectivity index (χ0n) is 13.0. The smallest absolute Gasteiger partial charge is 0.547 e. The van der Waals surface area contributed by atoms with Gasteiger partial charge in [-0.05, 0) is 12.1 Å². The molecule has 0 fully saturated rings. The first-order valence-electron chi connectivity index (χ1n) is 6.52. The van der Waals surface area contributed by atoms with E-state index in [0.29, 0.717) is 0 Å². The minimum absolute atomic E-state index is 0. The van der Waals surface area contributed by atoms with Gasteiger partial charge in [-0.1, -0.05) is 12.1 Å². The van der Waals surface area contributed by atoms with Crippen molar-refractivity contribution in [3.8, 4) is 0 Å². The Morgan fingerprint density at radius 2 is 1.31 bits per heavy atom. The van der Waals surface area contributed by atoms with Gasteiger partial charge < -0.3 is 39.9 Å². The van der Waals surface area contributed by atoms with Gasteiger partial charge in [0, 0.05) is 35.9 Å². The van der Waals surface area contributed by atoms with Crippen LogP contribution in [0.4, 0.5) is 0 Å². The van der Waals surface area contributed by atoms with Crippen molar-refractivity contribution < 1.29 is 57.3 Å². The molecule has 0 amide bonds. The van der Waals surface area contributed by atoms with Gasteiger partial charge in [-0.25, -0.2) is 0 Å². The van der Waals surface area contributed by atoms with E-state index in [1.807, 2.05) is 0 Å². The van der Waals surface area contributed by atoms with Crippen LogP contribution in [0.3, 0.4) is 0 Å². The van der Waals surface area contributed by atoms with E-state index in [1.54, 1.807) is 12.1 Å². The summed E-state index contributed by atoms with van der Waals surface area (Å²) >= 11 is 0. The van der Waals surface area contributed by atoms with Crippen LogP contribution in [0.2, 0.25) is 0 Å². The van der Waals surface area contributed by atoms with Crippen LogP contribution in [0.5, 0.6) is 0 Å². The van der Waals surface area contributed by atoms with E-state index in [0.717, 1.165) is 0 Å². The van der Waals surface area contributed by atoms with Crippen molar-refractivity contribution in [1.82, 2.24) is 9.97 Å². The van der Waals surface area contributed by atoms with Gasteiger partial charge in [-0.3, -0.25) is 9.97 Å². The number of aliphatic hydroxyl groups is 2. The number of aromatic carboxylic acids is 2. The van der Waals surface area contributed by atoms with Crippen molar-refractivity contribution in [2.24, 2.45) is 0 Å². The molecule has 137 valence electrons. The molecule has 0 saturated heterocycles. The van der Waals surface area contributed by atoms with Crippen molar-refractivity contribution in [2.75, 3.05) is 6.61 Å². The van der Waals surface area contributed by atoms with Gasteiger partial charge in [0.25, 0.3) is 0 Å². The number of carbonyl (C=O) groups excluding carboxylic acids is 3. The molecular weight excluding hydrogens is 388 g/mol. The third kappa shape index (κ3) is 11.7. The number of aliphatic hydroxyl groups excluding tert-OH is 2. The maximum atomic E-state index is 10.0. The van der Waals surface area contributed by atoms with Crippen molar-refractivity contribution >= 4 is 17.9 Å². The summed E-state index contributed by atoms with van der Waals surface area (Å²) in [6.45, 7) is -0.789. The van der Waals surface area contributed by atoms with Crippen molar-refractivity contribution in [3.63, 3.8) is 0 Å². The largest absolute Gasteiger partial charge is 3.00 e. The molecule has 10 nitrogen and oxygen atoms in total. The van der Waals surface area contributed by atoms with Crippen molar-refractivity contribution in [3.05, 3.63) is 60.2 Å². The summed E-state index contributed by atoms with van der Waals surface area (Å²) in [6, 6.07) is 5.96. The molecule has 0 aromatic carbocycles. The topological polar surface area (TPSA) is 187 Å². The Morgan fingerprint density at radius 3 is 1.42 bits per heavy atom. The molecule has 0 saturated carbocycles. The van der Waals surface area contributed by atoms with E-state index in [1.165, 1.54) is 36.9 Å². The van der Waals surface area contributed by atoms with Crippen LogP contribution >= 0.6 is 0 Å². The first-order chi connectivity index (χ1) is 11.8. The average molecular weight is 401 g/mol. The van der Waals surface area contributed by atoms with Gasteiger partial charge in [0.15, 0.2) is 0 Å². The molecule has 0 spiro atoms. The summed E-state index contributed by atoms with van der Waals surface area (Å²) in [5, 5.41) is 45.4. The SMILES string of the molecule is O=C([O-])C(O)CO.O=C([O-])c1cccnc1.O=C([O-])c1cccnc1.[Cr+3]. The Labute approximate surface area is 158 Å². The molecule has 11 heteroatoms. The van der Waals surface area contributed by atoms with E-state index in [9.17, 15) is 29.7 Å².